The number of imide groups is 1. The average Bonchev–Trinajstić information content (AvgIpc) is 2.71. The Labute approximate surface area is 166 Å². The van der Waals surface area contributed by atoms with Gasteiger partial charge in [-0.2, -0.15) is 0 Å². The first-order valence-electron chi connectivity index (χ1n) is 7.89. The third kappa shape index (κ3) is 3.06. The lowest BCUT2D eigenvalue weighted by molar-refractivity contribution is 0.0413. The minimum atomic E-state index is -0.469. The quantitative estimate of drug-likeness (QED) is 0.383. The molecule has 1 fully saturated rings. The maximum Gasteiger partial charge on any atom is 0.263 e. The molecule has 25 heavy (non-hydrogen) atoms. The second-order valence-corrected chi connectivity index (χ2v) is 9.45. The van der Waals surface area contributed by atoms with Crippen LogP contribution in [0.2, 0.25) is 20.1 Å². The molecule has 0 bridgehead atoms. The third-order valence-corrected chi connectivity index (χ3v) is 6.47. The van der Waals surface area contributed by atoms with Crippen LogP contribution in [0.5, 0.6) is 0 Å². The molecule has 1 saturated heterocycles. The lowest BCUT2D eigenvalue weighted by Crippen LogP contribution is -2.62. The molecule has 2 heterocycles. The predicted octanol–water partition coefficient (Wildman–Crippen LogP) is 5.21. The highest BCUT2D eigenvalue weighted by Crippen LogP contribution is 2.46. The van der Waals surface area contributed by atoms with Crippen LogP contribution in [0.15, 0.2) is 0 Å². The van der Waals surface area contributed by atoms with Gasteiger partial charge in [0.15, 0.2) is 0 Å². The molecule has 136 valence electrons. The molecule has 0 saturated carbocycles. The summed E-state index contributed by atoms with van der Waals surface area (Å²) in [7, 11) is 0. The fourth-order valence-electron chi connectivity index (χ4n) is 4.15. The Morgan fingerprint density at radius 2 is 1.16 bits per heavy atom. The van der Waals surface area contributed by atoms with Crippen LogP contribution in [-0.2, 0) is 0 Å². The van der Waals surface area contributed by atoms with E-state index in [1.54, 1.807) is 0 Å². The molecule has 1 aromatic carbocycles. The van der Waals surface area contributed by atoms with Crippen molar-refractivity contribution in [3.05, 3.63) is 31.2 Å². The van der Waals surface area contributed by atoms with Crippen molar-refractivity contribution in [1.82, 2.24) is 10.2 Å². The van der Waals surface area contributed by atoms with Gasteiger partial charge in [-0.3, -0.25) is 14.5 Å². The second kappa shape index (κ2) is 6.00. The number of hydrogen-bond donors (Lipinski definition) is 1. The monoisotopic (exact) mass is 422 g/mol. The molecule has 1 aromatic rings. The molecule has 4 nitrogen and oxygen atoms in total. The van der Waals surface area contributed by atoms with Crippen molar-refractivity contribution in [3.63, 3.8) is 0 Å². The van der Waals surface area contributed by atoms with E-state index in [9.17, 15) is 9.59 Å². The Morgan fingerprint density at radius 3 is 1.52 bits per heavy atom. The van der Waals surface area contributed by atoms with Crippen molar-refractivity contribution >= 4 is 58.2 Å². The molecule has 2 amide bonds. The van der Waals surface area contributed by atoms with Crippen LogP contribution in [0, 0.1) is 0 Å². The van der Waals surface area contributed by atoms with E-state index in [0.717, 1.165) is 0 Å². The Kier molecular flexibility index (Phi) is 4.62. The molecule has 0 unspecified atom stereocenters. The number of carbonyl (C=O) groups is 2. The van der Waals surface area contributed by atoms with Crippen LogP contribution in [0.25, 0.3) is 0 Å². The molecule has 8 heteroatoms. The first kappa shape index (κ1) is 19.2. The highest BCUT2D eigenvalue weighted by molar-refractivity contribution is 6.55. The van der Waals surface area contributed by atoms with Crippen molar-refractivity contribution in [2.45, 2.75) is 57.7 Å². The van der Waals surface area contributed by atoms with Gasteiger partial charge >= 0.3 is 0 Å². The third-order valence-electron chi connectivity index (χ3n) is 4.67. The first-order chi connectivity index (χ1) is 11.4. The number of fused-ring (bicyclic) bond motifs is 1. The highest BCUT2D eigenvalue weighted by Gasteiger charge is 2.49. The second-order valence-electron chi connectivity index (χ2n) is 7.94. The summed E-state index contributed by atoms with van der Waals surface area (Å²) < 4.78 is 0. The van der Waals surface area contributed by atoms with Crippen molar-refractivity contribution in [2.75, 3.05) is 0 Å². The number of amides is 2. The fourth-order valence-corrected chi connectivity index (χ4v) is 5.16. The van der Waals surface area contributed by atoms with Crippen molar-refractivity contribution < 1.29 is 9.59 Å². The molecule has 0 atom stereocenters. The van der Waals surface area contributed by atoms with Gasteiger partial charge in [0.25, 0.3) is 11.8 Å². The van der Waals surface area contributed by atoms with Gasteiger partial charge in [-0.25, -0.2) is 0 Å². The summed E-state index contributed by atoms with van der Waals surface area (Å²) in [4.78, 5) is 27.3. The van der Waals surface area contributed by atoms with E-state index < -0.39 is 11.8 Å². The molecule has 0 aliphatic carbocycles. The summed E-state index contributed by atoms with van der Waals surface area (Å²) in [6.45, 7) is 8.19. The maximum atomic E-state index is 13.0. The number of benzene rings is 1. The van der Waals surface area contributed by atoms with E-state index in [1.807, 2.05) is 27.7 Å². The van der Waals surface area contributed by atoms with Gasteiger partial charge in [0, 0.05) is 17.1 Å². The molecule has 0 spiro atoms. The number of hydrogen-bond acceptors (Lipinski definition) is 3. The molecule has 1 N–H and O–H groups in total. The lowest BCUT2D eigenvalue weighted by atomic mass is 9.79. The molecule has 0 aromatic heterocycles. The van der Waals surface area contributed by atoms with E-state index in [2.05, 4.69) is 5.32 Å². The Morgan fingerprint density at radius 1 is 0.800 bits per heavy atom. The van der Waals surface area contributed by atoms with Gasteiger partial charge in [0.2, 0.25) is 0 Å². The maximum absolute atomic E-state index is 13.0. The van der Waals surface area contributed by atoms with Crippen LogP contribution in [0.4, 0.5) is 0 Å². The summed E-state index contributed by atoms with van der Waals surface area (Å²) in [5, 5.41) is 3.45. The standard InChI is InChI=1S/C17H18Cl4N2O2/c1-16(2)5-7(6-17(3,4)22-16)23-14(24)8-9(15(23)25)11(19)13(21)12(20)10(8)18/h7,22H,5-6H2,1-4H3. The number of nitrogens with one attached hydrogen (secondary N) is 1. The fraction of sp³-hybridized carbons (Fsp3) is 0.529. The smallest absolute Gasteiger partial charge is 0.263 e. The average molecular weight is 424 g/mol. The molecule has 2 aliphatic heterocycles. The summed E-state index contributed by atoms with van der Waals surface area (Å²) in [5.41, 5.74) is -0.379. The van der Waals surface area contributed by atoms with E-state index in [1.165, 1.54) is 4.90 Å². The zero-order valence-corrected chi connectivity index (χ0v) is 17.3. The van der Waals surface area contributed by atoms with Crippen LogP contribution >= 0.6 is 46.4 Å². The van der Waals surface area contributed by atoms with Crippen LogP contribution in [0.1, 0.15) is 61.3 Å². The minimum Gasteiger partial charge on any atom is -0.307 e. The van der Waals surface area contributed by atoms with Crippen molar-refractivity contribution in [1.29, 1.82) is 0 Å². The van der Waals surface area contributed by atoms with Crippen LogP contribution < -0.4 is 5.32 Å². The SMILES string of the molecule is CC1(C)CC(N2C(=O)c3c(Cl)c(Cl)c(Cl)c(Cl)c3C2=O)CC(C)(C)N1. The van der Waals surface area contributed by atoms with Crippen molar-refractivity contribution in [2.24, 2.45) is 0 Å². The van der Waals surface area contributed by atoms with Crippen LogP contribution in [0.3, 0.4) is 0 Å². The molecule has 2 aliphatic rings. The topological polar surface area (TPSA) is 49.4 Å². The first-order valence-corrected chi connectivity index (χ1v) is 9.41. The van der Waals surface area contributed by atoms with Gasteiger partial charge in [0.05, 0.1) is 31.2 Å². The molecule has 3 rings (SSSR count). The van der Waals surface area contributed by atoms with E-state index in [-0.39, 0.29) is 48.3 Å². The van der Waals surface area contributed by atoms with E-state index in [4.69, 9.17) is 46.4 Å². The zero-order valence-electron chi connectivity index (χ0n) is 14.3. The Balaban J connectivity index is 2.09. The normalized spacial score (nSPS) is 22.5. The predicted molar refractivity (Wildman–Crippen MR) is 101 cm³/mol. The van der Waals surface area contributed by atoms with Crippen molar-refractivity contribution in [3.8, 4) is 0 Å². The number of halogens is 4. The Hall–Kier alpha value is -0.520. The van der Waals surface area contributed by atoms with E-state index in [0.29, 0.717) is 12.8 Å². The van der Waals surface area contributed by atoms with Gasteiger partial charge in [0.1, 0.15) is 0 Å². The number of piperidine rings is 1. The minimum absolute atomic E-state index is 0.0129. The number of nitrogens with zero attached hydrogens (tertiary/aromatic N) is 1. The number of rotatable bonds is 1. The molecule has 0 radical (unpaired) electrons. The summed E-state index contributed by atoms with van der Waals surface area (Å²) in [5.74, 6) is -0.937. The van der Waals surface area contributed by atoms with Gasteiger partial charge in [-0.15, -0.1) is 0 Å². The summed E-state index contributed by atoms with van der Waals surface area (Å²) in [6, 6.07) is -0.275. The molecular formula is C17H18Cl4N2O2. The van der Waals surface area contributed by atoms with Gasteiger partial charge in [-0.05, 0) is 40.5 Å². The molecular weight excluding hydrogens is 406 g/mol. The highest BCUT2D eigenvalue weighted by atomic mass is 35.5. The van der Waals surface area contributed by atoms with E-state index >= 15 is 0 Å². The largest absolute Gasteiger partial charge is 0.307 e. The number of carbonyl (C=O) groups excluding carboxylic acids is 2. The summed E-state index contributed by atoms with van der Waals surface area (Å²) >= 11 is 24.5. The zero-order chi connectivity index (χ0) is 18.9. The Bertz CT molecular complexity index is 742. The van der Waals surface area contributed by atoms with Gasteiger partial charge < -0.3 is 5.32 Å². The van der Waals surface area contributed by atoms with Gasteiger partial charge in [-0.1, -0.05) is 46.4 Å². The summed E-state index contributed by atoms with van der Waals surface area (Å²) in [6.07, 6.45) is 1.25. The lowest BCUT2D eigenvalue weighted by Gasteiger charge is -2.48. The van der Waals surface area contributed by atoms with Crippen LogP contribution in [-0.4, -0.2) is 33.8 Å².